The Balaban J connectivity index is 1.33. The van der Waals surface area contributed by atoms with Crippen LogP contribution in [-0.2, 0) is 9.59 Å². The molecule has 0 saturated carbocycles. The lowest BCUT2D eigenvalue weighted by atomic mass is 10.1. The second-order valence-corrected chi connectivity index (χ2v) is 9.40. The van der Waals surface area contributed by atoms with E-state index in [0.717, 1.165) is 22.5 Å². The van der Waals surface area contributed by atoms with Crippen molar-refractivity contribution < 1.29 is 9.59 Å². The zero-order chi connectivity index (χ0) is 22.2. The van der Waals surface area contributed by atoms with Crippen LogP contribution >= 0.6 is 22.7 Å². The summed E-state index contributed by atoms with van der Waals surface area (Å²) in [6.07, 6.45) is 0. The van der Waals surface area contributed by atoms with Gasteiger partial charge in [0.1, 0.15) is 13.1 Å². The summed E-state index contributed by atoms with van der Waals surface area (Å²) in [4.78, 5) is 38.0. The molecule has 4 aromatic rings. The Labute approximate surface area is 193 Å². The summed E-state index contributed by atoms with van der Waals surface area (Å²) in [6, 6.07) is 16.1. The number of thiazole rings is 2. The average Bonchev–Trinajstić information content (AvgIpc) is 3.46. The van der Waals surface area contributed by atoms with Crippen LogP contribution in [0.5, 0.6) is 0 Å². The number of nitrogens with zero attached hydrogens (tertiary/aromatic N) is 4. The fourth-order valence-corrected chi connectivity index (χ4v) is 5.16. The molecular weight excluding hydrogens is 440 g/mol. The van der Waals surface area contributed by atoms with Crippen molar-refractivity contribution >= 4 is 44.8 Å². The van der Waals surface area contributed by atoms with Gasteiger partial charge in [0.2, 0.25) is 11.8 Å². The van der Waals surface area contributed by atoms with Crippen LogP contribution in [0.1, 0.15) is 11.1 Å². The van der Waals surface area contributed by atoms with Gasteiger partial charge in [-0.15, -0.1) is 22.7 Å². The minimum Gasteiger partial charge on any atom is -0.277 e. The van der Waals surface area contributed by atoms with Crippen LogP contribution < -0.4 is 9.80 Å². The lowest BCUT2D eigenvalue weighted by Gasteiger charge is -2.30. The van der Waals surface area contributed by atoms with Crippen molar-refractivity contribution in [1.82, 2.24) is 9.97 Å². The maximum atomic E-state index is 12.9. The van der Waals surface area contributed by atoms with E-state index < -0.39 is 0 Å². The SMILES string of the molecule is Cc1ccc(-c2csc(N3CC(=O)N(c4nc(-c5ccc(C)cc5)cs4)CC3=O)n2)cc1. The molecule has 1 fully saturated rings. The predicted octanol–water partition coefficient (Wildman–Crippen LogP) is 4.93. The minimum absolute atomic E-state index is 0.0425. The second kappa shape index (κ2) is 8.29. The molecule has 2 aromatic heterocycles. The summed E-state index contributed by atoms with van der Waals surface area (Å²) in [5.74, 6) is -0.331. The molecule has 0 bridgehead atoms. The fraction of sp³-hybridized carbons (Fsp3) is 0.167. The van der Waals surface area contributed by atoms with Gasteiger partial charge in [0.05, 0.1) is 11.4 Å². The summed E-state index contributed by atoms with van der Waals surface area (Å²) in [6.45, 7) is 3.98. The highest BCUT2D eigenvalue weighted by atomic mass is 32.1. The van der Waals surface area contributed by atoms with E-state index in [2.05, 4.69) is 9.97 Å². The number of rotatable bonds is 4. The van der Waals surface area contributed by atoms with Crippen LogP contribution in [0.3, 0.4) is 0 Å². The molecule has 2 aromatic carbocycles. The van der Waals surface area contributed by atoms with E-state index in [1.807, 2.05) is 73.1 Å². The Morgan fingerprint density at radius 3 is 1.41 bits per heavy atom. The number of aryl methyl sites for hydroxylation is 2. The first-order valence-electron chi connectivity index (χ1n) is 10.1. The summed E-state index contributed by atoms with van der Waals surface area (Å²) in [7, 11) is 0. The summed E-state index contributed by atoms with van der Waals surface area (Å²) >= 11 is 2.74. The monoisotopic (exact) mass is 460 g/mol. The second-order valence-electron chi connectivity index (χ2n) is 7.72. The molecule has 32 heavy (non-hydrogen) atoms. The molecule has 5 rings (SSSR count). The number of carbonyl (C=O) groups excluding carboxylic acids is 2. The van der Waals surface area contributed by atoms with Crippen molar-refractivity contribution in [2.24, 2.45) is 0 Å². The number of amides is 2. The molecule has 0 spiro atoms. The smallest absolute Gasteiger partial charge is 0.249 e. The average molecular weight is 461 g/mol. The van der Waals surface area contributed by atoms with Crippen LogP contribution in [0.15, 0.2) is 59.3 Å². The van der Waals surface area contributed by atoms with Gasteiger partial charge in [0.25, 0.3) is 0 Å². The van der Waals surface area contributed by atoms with Crippen LogP contribution in [-0.4, -0.2) is 34.9 Å². The molecule has 160 valence electrons. The van der Waals surface area contributed by atoms with Gasteiger partial charge in [-0.25, -0.2) is 9.97 Å². The first-order chi connectivity index (χ1) is 15.5. The minimum atomic E-state index is -0.165. The maximum Gasteiger partial charge on any atom is 0.249 e. The van der Waals surface area contributed by atoms with Crippen molar-refractivity contribution in [2.45, 2.75) is 13.8 Å². The fourth-order valence-electron chi connectivity index (χ4n) is 3.46. The summed E-state index contributed by atoms with van der Waals surface area (Å²) < 4.78 is 0. The number of piperazine rings is 1. The topological polar surface area (TPSA) is 66.4 Å². The molecule has 3 heterocycles. The summed E-state index contributed by atoms with van der Waals surface area (Å²) in [5.41, 5.74) is 5.93. The van der Waals surface area contributed by atoms with E-state index in [0.29, 0.717) is 10.3 Å². The normalized spacial score (nSPS) is 14.3. The number of anilines is 2. The van der Waals surface area contributed by atoms with E-state index in [4.69, 9.17) is 0 Å². The molecule has 0 aliphatic carbocycles. The Kier molecular flexibility index (Phi) is 5.32. The number of hydrogen-bond acceptors (Lipinski definition) is 6. The maximum absolute atomic E-state index is 12.9. The van der Waals surface area contributed by atoms with Gasteiger partial charge in [0.15, 0.2) is 10.3 Å². The van der Waals surface area contributed by atoms with Gasteiger partial charge in [-0.05, 0) is 13.8 Å². The van der Waals surface area contributed by atoms with Gasteiger partial charge in [-0.2, -0.15) is 0 Å². The standard InChI is InChI=1S/C24H20N4O2S2/c1-15-3-7-17(8-4-15)19-13-31-23(25-19)27-11-22(30)28(12-21(27)29)24-26-20(14-32-24)18-9-5-16(2)6-10-18/h3-10,13-14H,11-12H2,1-2H3. The third kappa shape index (κ3) is 3.94. The molecule has 1 aliphatic heterocycles. The first-order valence-corrected chi connectivity index (χ1v) is 11.9. The van der Waals surface area contributed by atoms with Gasteiger partial charge >= 0.3 is 0 Å². The summed E-state index contributed by atoms with van der Waals surface area (Å²) in [5, 5.41) is 4.91. The van der Waals surface area contributed by atoms with Crippen molar-refractivity contribution in [1.29, 1.82) is 0 Å². The van der Waals surface area contributed by atoms with Crippen molar-refractivity contribution in [2.75, 3.05) is 22.9 Å². The van der Waals surface area contributed by atoms with Gasteiger partial charge in [0, 0.05) is 21.9 Å². The number of hydrogen-bond donors (Lipinski definition) is 0. The van der Waals surface area contributed by atoms with Gasteiger partial charge in [-0.3, -0.25) is 19.4 Å². The molecule has 6 nitrogen and oxygen atoms in total. The number of carbonyl (C=O) groups is 2. The van der Waals surface area contributed by atoms with Crippen LogP contribution in [0.4, 0.5) is 10.3 Å². The van der Waals surface area contributed by atoms with E-state index >= 15 is 0 Å². The van der Waals surface area contributed by atoms with Gasteiger partial charge in [-0.1, -0.05) is 59.7 Å². The van der Waals surface area contributed by atoms with E-state index in [9.17, 15) is 9.59 Å². The van der Waals surface area contributed by atoms with Crippen molar-refractivity contribution in [3.8, 4) is 22.5 Å². The molecule has 1 saturated heterocycles. The van der Waals surface area contributed by atoms with E-state index in [1.54, 1.807) is 0 Å². The zero-order valence-corrected chi connectivity index (χ0v) is 19.2. The van der Waals surface area contributed by atoms with E-state index in [1.165, 1.54) is 43.6 Å². The quantitative estimate of drug-likeness (QED) is 0.433. The molecule has 8 heteroatoms. The first kappa shape index (κ1) is 20.5. The lowest BCUT2D eigenvalue weighted by molar-refractivity contribution is -0.125. The van der Waals surface area contributed by atoms with Crippen LogP contribution in [0, 0.1) is 13.8 Å². The molecule has 2 amide bonds. The molecule has 0 unspecified atom stereocenters. The molecule has 0 atom stereocenters. The molecule has 1 aliphatic rings. The Hall–Kier alpha value is -3.36. The van der Waals surface area contributed by atoms with Crippen LogP contribution in [0.2, 0.25) is 0 Å². The predicted molar refractivity (Wildman–Crippen MR) is 129 cm³/mol. The van der Waals surface area contributed by atoms with Crippen LogP contribution in [0.25, 0.3) is 22.5 Å². The molecule has 0 N–H and O–H groups in total. The Bertz CT molecular complexity index is 1190. The third-order valence-corrected chi connectivity index (χ3v) is 7.06. The highest BCUT2D eigenvalue weighted by molar-refractivity contribution is 7.14. The van der Waals surface area contributed by atoms with Crippen molar-refractivity contribution in [3.63, 3.8) is 0 Å². The number of aromatic nitrogens is 2. The van der Waals surface area contributed by atoms with Gasteiger partial charge < -0.3 is 0 Å². The highest BCUT2D eigenvalue weighted by Crippen LogP contribution is 2.32. The number of benzene rings is 2. The Morgan fingerprint density at radius 2 is 1.03 bits per heavy atom. The lowest BCUT2D eigenvalue weighted by Crippen LogP contribution is -2.54. The largest absolute Gasteiger partial charge is 0.277 e. The van der Waals surface area contributed by atoms with Crippen molar-refractivity contribution in [3.05, 3.63) is 70.4 Å². The highest BCUT2D eigenvalue weighted by Gasteiger charge is 2.34. The Morgan fingerprint density at radius 1 is 0.656 bits per heavy atom. The molecule has 0 radical (unpaired) electrons. The third-order valence-electron chi connectivity index (χ3n) is 5.33. The molecular formula is C24H20N4O2S2. The zero-order valence-electron chi connectivity index (χ0n) is 17.6. The van der Waals surface area contributed by atoms with E-state index in [-0.39, 0.29) is 24.9 Å².